The normalized spacial score (nSPS) is 26.4. The van der Waals surface area contributed by atoms with Gasteiger partial charge in [0.25, 0.3) is 0 Å². The van der Waals surface area contributed by atoms with Gasteiger partial charge in [-0.25, -0.2) is 0 Å². The number of hydrogen-bond acceptors (Lipinski definition) is 5. The molecule has 0 aromatic carbocycles. The number of rotatable bonds is 3. The maximum atomic E-state index is 11.5. The number of aliphatic hydroxyl groups is 1. The van der Waals surface area contributed by atoms with Crippen LogP contribution in [0.25, 0.3) is 0 Å². The molecule has 1 aromatic rings. The topological polar surface area (TPSA) is 59.9 Å². The zero-order valence-electron chi connectivity index (χ0n) is 15.4. The Morgan fingerprint density at radius 1 is 1.20 bits per heavy atom. The van der Waals surface area contributed by atoms with E-state index in [9.17, 15) is 9.90 Å². The van der Waals surface area contributed by atoms with Crippen molar-refractivity contribution in [2.75, 3.05) is 39.3 Å². The Morgan fingerprint density at radius 2 is 1.92 bits per heavy atom. The monoisotopic (exact) mass is 346 g/mol. The first-order valence-corrected chi connectivity index (χ1v) is 9.35. The van der Waals surface area contributed by atoms with Crippen molar-refractivity contribution in [3.63, 3.8) is 0 Å². The maximum absolute atomic E-state index is 11.5. The fourth-order valence-electron chi connectivity index (χ4n) is 3.97. The van der Waals surface area contributed by atoms with Crippen LogP contribution >= 0.6 is 0 Å². The summed E-state index contributed by atoms with van der Waals surface area (Å²) in [5.74, 6) is 0.151. The van der Waals surface area contributed by atoms with E-state index in [-0.39, 0.29) is 18.1 Å². The number of pyridine rings is 1. The van der Waals surface area contributed by atoms with Crippen LogP contribution in [0.3, 0.4) is 0 Å². The summed E-state index contributed by atoms with van der Waals surface area (Å²) in [5, 5.41) is 10.7. The van der Waals surface area contributed by atoms with Gasteiger partial charge >= 0.3 is 0 Å². The fraction of sp³-hybridized carbons (Fsp3) is 0.684. The molecule has 2 fully saturated rings. The Kier molecular flexibility index (Phi) is 6.04. The molecular weight excluding hydrogens is 316 g/mol. The van der Waals surface area contributed by atoms with E-state index < -0.39 is 0 Å². The molecule has 1 amide bonds. The third kappa shape index (κ3) is 4.57. The molecule has 2 aliphatic rings. The molecule has 0 aliphatic carbocycles. The Bertz CT molecular complexity index is 587. The Hall–Kier alpha value is -1.50. The number of carbonyl (C=O) groups excluding carboxylic acids is 1. The van der Waals surface area contributed by atoms with Gasteiger partial charge in [-0.3, -0.25) is 19.6 Å². The molecule has 3 heterocycles. The van der Waals surface area contributed by atoms with Gasteiger partial charge in [0.2, 0.25) is 5.91 Å². The van der Waals surface area contributed by atoms with Gasteiger partial charge < -0.3 is 10.0 Å². The van der Waals surface area contributed by atoms with Gasteiger partial charge in [-0.15, -0.1) is 0 Å². The Balaban J connectivity index is 1.56. The van der Waals surface area contributed by atoms with Gasteiger partial charge in [-0.1, -0.05) is 6.07 Å². The van der Waals surface area contributed by atoms with Crippen molar-refractivity contribution in [3.8, 4) is 0 Å². The van der Waals surface area contributed by atoms with Crippen molar-refractivity contribution in [1.29, 1.82) is 0 Å². The molecule has 6 nitrogen and oxygen atoms in total. The molecule has 0 spiro atoms. The van der Waals surface area contributed by atoms with Crippen LogP contribution in [0.2, 0.25) is 0 Å². The van der Waals surface area contributed by atoms with E-state index in [1.54, 1.807) is 6.92 Å². The highest BCUT2D eigenvalue weighted by Gasteiger charge is 2.32. The molecule has 3 rings (SSSR count). The van der Waals surface area contributed by atoms with Gasteiger partial charge in [0, 0.05) is 65.0 Å². The molecule has 0 saturated carbocycles. The van der Waals surface area contributed by atoms with Crippen LogP contribution in [0, 0.1) is 6.92 Å². The van der Waals surface area contributed by atoms with E-state index in [2.05, 4.69) is 27.8 Å². The van der Waals surface area contributed by atoms with Crippen molar-refractivity contribution in [1.82, 2.24) is 19.7 Å². The largest absolute Gasteiger partial charge is 0.391 e. The molecule has 0 radical (unpaired) electrons. The molecular formula is C19H30N4O2. The number of hydrogen-bond donors (Lipinski definition) is 1. The van der Waals surface area contributed by atoms with Crippen molar-refractivity contribution in [3.05, 3.63) is 29.6 Å². The van der Waals surface area contributed by atoms with Gasteiger partial charge in [0.15, 0.2) is 0 Å². The van der Waals surface area contributed by atoms with Gasteiger partial charge in [0.05, 0.1) is 11.8 Å². The molecule has 6 heteroatoms. The number of likely N-dealkylation sites (tertiary alicyclic amines) is 1. The van der Waals surface area contributed by atoms with Gasteiger partial charge in [-0.2, -0.15) is 0 Å². The minimum absolute atomic E-state index is 0.151. The maximum Gasteiger partial charge on any atom is 0.219 e. The van der Waals surface area contributed by atoms with E-state index in [4.69, 9.17) is 0 Å². The molecule has 2 saturated heterocycles. The van der Waals surface area contributed by atoms with Crippen LogP contribution in [-0.2, 0) is 11.3 Å². The number of carbonyl (C=O) groups is 1. The van der Waals surface area contributed by atoms with Crippen molar-refractivity contribution in [2.45, 2.75) is 45.4 Å². The molecule has 25 heavy (non-hydrogen) atoms. The van der Waals surface area contributed by atoms with E-state index in [1.165, 1.54) is 5.56 Å². The van der Waals surface area contributed by atoms with Crippen LogP contribution < -0.4 is 0 Å². The number of piperazine rings is 1. The number of aromatic nitrogens is 1. The summed E-state index contributed by atoms with van der Waals surface area (Å²) in [6.07, 6.45) is 3.32. The second-order valence-electron chi connectivity index (χ2n) is 7.30. The van der Waals surface area contributed by atoms with E-state index in [0.717, 1.165) is 64.3 Å². The number of aliphatic hydroxyl groups excluding tert-OH is 1. The van der Waals surface area contributed by atoms with Gasteiger partial charge in [0.1, 0.15) is 0 Å². The molecule has 138 valence electrons. The van der Waals surface area contributed by atoms with Crippen LogP contribution in [-0.4, -0.2) is 82.1 Å². The highest BCUT2D eigenvalue weighted by Crippen LogP contribution is 2.21. The number of amides is 1. The lowest BCUT2D eigenvalue weighted by atomic mass is 10.0. The number of nitrogens with zero attached hydrogens (tertiary/aromatic N) is 4. The zero-order chi connectivity index (χ0) is 17.8. The van der Waals surface area contributed by atoms with Crippen molar-refractivity contribution < 1.29 is 9.90 Å². The first-order chi connectivity index (χ1) is 12.0. The van der Waals surface area contributed by atoms with Crippen LogP contribution in [0.4, 0.5) is 0 Å². The second-order valence-corrected chi connectivity index (χ2v) is 7.30. The third-order valence-electron chi connectivity index (χ3n) is 5.65. The summed E-state index contributed by atoms with van der Waals surface area (Å²) in [7, 11) is 0. The lowest BCUT2D eigenvalue weighted by molar-refractivity contribution is -0.131. The summed E-state index contributed by atoms with van der Waals surface area (Å²) < 4.78 is 0. The standard InChI is InChI=1S/C19H30N4O2/c1-15-4-3-7-20-17(15)14-21-8-5-18(19(25)6-9-21)23-12-10-22(11-13-23)16(2)24/h3-4,7,18-19,25H,5-6,8-14H2,1-2H3/t18-,19-/m0/s1. The summed E-state index contributed by atoms with van der Waals surface area (Å²) in [5.41, 5.74) is 2.36. The fourth-order valence-corrected chi connectivity index (χ4v) is 3.97. The predicted molar refractivity (Wildman–Crippen MR) is 97.1 cm³/mol. The van der Waals surface area contributed by atoms with Crippen LogP contribution in [0.5, 0.6) is 0 Å². The Labute approximate surface area is 150 Å². The molecule has 1 N–H and O–H groups in total. The molecule has 0 bridgehead atoms. The Morgan fingerprint density at radius 3 is 2.60 bits per heavy atom. The number of aryl methyl sites for hydroxylation is 1. The SMILES string of the molecule is CC(=O)N1CCN([C@H]2CCN(Cc3ncccc3C)CC[C@@H]2O)CC1. The van der Waals surface area contributed by atoms with E-state index in [1.807, 2.05) is 17.2 Å². The zero-order valence-corrected chi connectivity index (χ0v) is 15.4. The minimum Gasteiger partial charge on any atom is -0.391 e. The average Bonchev–Trinajstić information content (AvgIpc) is 2.79. The van der Waals surface area contributed by atoms with Crippen LogP contribution in [0.1, 0.15) is 31.0 Å². The van der Waals surface area contributed by atoms with E-state index in [0.29, 0.717) is 0 Å². The van der Waals surface area contributed by atoms with E-state index >= 15 is 0 Å². The summed E-state index contributed by atoms with van der Waals surface area (Å²) >= 11 is 0. The van der Waals surface area contributed by atoms with Crippen LogP contribution in [0.15, 0.2) is 18.3 Å². The molecule has 2 atom stereocenters. The van der Waals surface area contributed by atoms with Gasteiger partial charge in [-0.05, 0) is 31.4 Å². The summed E-state index contributed by atoms with van der Waals surface area (Å²) in [4.78, 5) is 22.7. The minimum atomic E-state index is -0.293. The molecule has 1 aromatic heterocycles. The predicted octanol–water partition coefficient (Wildman–Crippen LogP) is 0.879. The third-order valence-corrected chi connectivity index (χ3v) is 5.65. The highest BCUT2D eigenvalue weighted by atomic mass is 16.3. The first kappa shape index (κ1) is 18.3. The summed E-state index contributed by atoms with van der Waals surface area (Å²) in [6, 6.07) is 4.28. The molecule has 2 aliphatic heterocycles. The van der Waals surface area contributed by atoms with Crippen molar-refractivity contribution >= 4 is 5.91 Å². The lowest BCUT2D eigenvalue weighted by Gasteiger charge is -2.40. The summed E-state index contributed by atoms with van der Waals surface area (Å²) in [6.45, 7) is 9.74. The first-order valence-electron chi connectivity index (χ1n) is 9.35. The lowest BCUT2D eigenvalue weighted by Crippen LogP contribution is -2.54. The second kappa shape index (κ2) is 8.25. The smallest absolute Gasteiger partial charge is 0.219 e. The highest BCUT2D eigenvalue weighted by molar-refractivity contribution is 5.73. The quantitative estimate of drug-likeness (QED) is 0.880. The van der Waals surface area contributed by atoms with Crippen molar-refractivity contribution in [2.24, 2.45) is 0 Å². The average molecular weight is 346 g/mol. The molecule has 0 unspecified atom stereocenters.